The first-order valence-corrected chi connectivity index (χ1v) is 23.2. The van der Waals surface area contributed by atoms with Gasteiger partial charge in [0.05, 0.1) is 51.2 Å². The van der Waals surface area contributed by atoms with Crippen LogP contribution in [0.15, 0.2) is 194 Å². The van der Waals surface area contributed by atoms with Gasteiger partial charge in [-0.3, -0.25) is 0 Å². The first-order chi connectivity index (χ1) is 34.5. The molecule has 0 radical (unpaired) electrons. The van der Waals surface area contributed by atoms with Gasteiger partial charge in [0.15, 0.2) is 0 Å². The molecule has 0 fully saturated rings. The zero-order chi connectivity index (χ0) is 47.3. The van der Waals surface area contributed by atoms with E-state index in [0.717, 1.165) is 145 Å². The molecule has 2 N–H and O–H groups in total. The summed E-state index contributed by atoms with van der Waals surface area (Å²) < 4.78 is 22.4. The van der Waals surface area contributed by atoms with Crippen LogP contribution in [-0.4, -0.2) is 48.4 Å². The number of aromatic amines is 2. The van der Waals surface area contributed by atoms with Crippen molar-refractivity contribution in [2.45, 2.75) is 0 Å². The monoisotopic (exact) mass is 910 g/mol. The second-order valence-corrected chi connectivity index (χ2v) is 17.3. The van der Waals surface area contributed by atoms with Crippen molar-refractivity contribution in [3.63, 3.8) is 0 Å². The number of nitrogens with zero attached hydrogens (tertiary/aromatic N) is 2. The Hall–Kier alpha value is -9.14. The summed E-state index contributed by atoms with van der Waals surface area (Å²) in [6, 6.07) is 67.5. The van der Waals surface area contributed by atoms with E-state index in [9.17, 15) is 0 Å². The smallest absolute Gasteiger partial charge is 0.139 e. The first kappa shape index (κ1) is 42.2. The summed E-state index contributed by atoms with van der Waals surface area (Å²) in [5, 5.41) is 8.98. The van der Waals surface area contributed by atoms with Gasteiger partial charge in [-0.2, -0.15) is 0 Å². The molecule has 12 rings (SSSR count). The number of hydrogen-bond acceptors (Lipinski definition) is 6. The van der Waals surface area contributed by atoms with Crippen LogP contribution in [-0.2, 0) is 0 Å². The molecule has 0 aliphatic heterocycles. The van der Waals surface area contributed by atoms with Crippen LogP contribution in [0.3, 0.4) is 0 Å². The van der Waals surface area contributed by atoms with Gasteiger partial charge in [-0.1, -0.05) is 84.9 Å². The molecule has 70 heavy (non-hydrogen) atoms. The average Bonchev–Trinajstić information content (AvgIpc) is 4.09. The predicted octanol–water partition coefficient (Wildman–Crippen LogP) is 15.4. The van der Waals surface area contributed by atoms with Crippen molar-refractivity contribution in [2.75, 3.05) is 28.4 Å². The van der Waals surface area contributed by atoms with E-state index in [1.807, 2.05) is 48.5 Å². The van der Waals surface area contributed by atoms with Crippen LogP contribution in [0.25, 0.3) is 122 Å². The molecule has 0 aliphatic rings. The summed E-state index contributed by atoms with van der Waals surface area (Å²) >= 11 is 0. The van der Waals surface area contributed by atoms with Crippen molar-refractivity contribution >= 4 is 43.1 Å². The van der Waals surface area contributed by atoms with Crippen LogP contribution >= 0.6 is 0 Å². The third-order valence-electron chi connectivity index (χ3n) is 13.5. The van der Waals surface area contributed by atoms with E-state index in [2.05, 4.69) is 156 Å². The van der Waals surface area contributed by atoms with E-state index < -0.39 is 0 Å². The van der Waals surface area contributed by atoms with Gasteiger partial charge in [0.2, 0.25) is 0 Å². The van der Waals surface area contributed by atoms with E-state index in [1.165, 1.54) is 0 Å². The molecule has 0 saturated heterocycles. The van der Waals surface area contributed by atoms with Crippen molar-refractivity contribution in [2.24, 2.45) is 0 Å². The summed E-state index contributed by atoms with van der Waals surface area (Å²) in [6.07, 6.45) is 0. The molecule has 0 spiro atoms. The summed E-state index contributed by atoms with van der Waals surface area (Å²) in [5.41, 5.74) is 11.2. The van der Waals surface area contributed by atoms with Crippen molar-refractivity contribution < 1.29 is 18.9 Å². The van der Waals surface area contributed by atoms with Gasteiger partial charge in [-0.25, -0.2) is 9.97 Å². The topological polar surface area (TPSA) is 94.3 Å². The number of fused-ring (bicyclic) bond motifs is 6. The Morgan fingerprint density at radius 1 is 0.314 bits per heavy atom. The number of nitrogens with one attached hydrogen (secondary N) is 2. The van der Waals surface area contributed by atoms with E-state index in [4.69, 9.17) is 28.9 Å². The molecular weight excluding hydrogens is 865 g/mol. The Balaban J connectivity index is 1.21. The zero-order valence-corrected chi connectivity index (χ0v) is 39.0. The lowest BCUT2D eigenvalue weighted by molar-refractivity contribution is 0.414. The van der Waals surface area contributed by atoms with Crippen LogP contribution < -0.4 is 18.9 Å². The summed E-state index contributed by atoms with van der Waals surface area (Å²) in [4.78, 5) is 19.0. The number of methoxy groups -OCH3 is 4. The maximum Gasteiger partial charge on any atom is 0.139 e. The molecule has 0 atom stereocenters. The fourth-order valence-electron chi connectivity index (χ4n) is 9.96. The predicted molar refractivity (Wildman–Crippen MR) is 285 cm³/mol. The molecule has 2 aromatic heterocycles. The van der Waals surface area contributed by atoms with Crippen LogP contribution in [0.5, 0.6) is 23.0 Å². The van der Waals surface area contributed by atoms with Crippen LogP contribution in [0, 0.1) is 0 Å². The zero-order valence-electron chi connectivity index (χ0n) is 39.0. The molecular formula is C62H46N4O4. The van der Waals surface area contributed by atoms with Gasteiger partial charge >= 0.3 is 0 Å². The highest BCUT2D eigenvalue weighted by atomic mass is 16.5. The molecule has 8 nitrogen and oxygen atoms in total. The van der Waals surface area contributed by atoms with Crippen LogP contribution in [0.2, 0.25) is 0 Å². The number of H-pyrrole nitrogens is 2. The number of ether oxygens (including phenoxy) is 4. The van der Waals surface area contributed by atoms with Crippen LogP contribution in [0.4, 0.5) is 0 Å². The Morgan fingerprint density at radius 2 is 0.629 bits per heavy atom. The maximum absolute atomic E-state index is 5.60. The molecule has 0 saturated carbocycles. The molecule has 0 aliphatic carbocycles. The normalized spacial score (nSPS) is 11.4. The van der Waals surface area contributed by atoms with Gasteiger partial charge < -0.3 is 28.9 Å². The fraction of sp³-hybridized carbons (Fsp3) is 0.0645. The standard InChI is InChI=1S/C62H46N4O4/c1-67-45-27-17-41(18-28-45)57-58(42-19-29-46(68-2)30-20-42)64-61(63-57)51-35-25-39-15-13-37-9-5-7-11-49(37)53(39)55(51)56-52(36-26-40-16-14-38-10-6-8-12-50(38)54(40)56)62-65-59(43-21-31-47(69-3)32-22-43)60(66-62)44-23-33-48(70-4)34-24-44/h5-36H,1-4H3,(H,63,64)(H,65,66). The summed E-state index contributed by atoms with van der Waals surface area (Å²) in [7, 11) is 6.74. The lowest BCUT2D eigenvalue weighted by atomic mass is 9.83. The minimum atomic E-state index is 0.724. The van der Waals surface area contributed by atoms with Gasteiger partial charge in [-0.15, -0.1) is 0 Å². The number of benzene rings is 10. The third-order valence-corrected chi connectivity index (χ3v) is 13.5. The van der Waals surface area contributed by atoms with Gasteiger partial charge in [0.25, 0.3) is 0 Å². The highest BCUT2D eigenvalue weighted by Crippen LogP contribution is 2.50. The maximum atomic E-state index is 5.60. The minimum Gasteiger partial charge on any atom is -0.497 e. The van der Waals surface area contributed by atoms with E-state index in [1.54, 1.807) is 28.4 Å². The second-order valence-electron chi connectivity index (χ2n) is 17.3. The largest absolute Gasteiger partial charge is 0.497 e. The quantitative estimate of drug-likeness (QED) is 0.126. The van der Waals surface area contributed by atoms with Gasteiger partial charge in [0, 0.05) is 44.5 Å². The molecule has 8 heteroatoms. The molecule has 0 amide bonds. The fourth-order valence-corrected chi connectivity index (χ4v) is 9.96. The molecule has 12 aromatic rings. The Kier molecular flexibility index (Phi) is 10.6. The molecule has 2 heterocycles. The number of imidazole rings is 2. The number of aromatic nitrogens is 4. The molecule has 0 unspecified atom stereocenters. The average molecular weight is 911 g/mol. The summed E-state index contributed by atoms with van der Waals surface area (Å²) in [5.74, 6) is 4.54. The van der Waals surface area contributed by atoms with E-state index in [-0.39, 0.29) is 0 Å². The van der Waals surface area contributed by atoms with Gasteiger partial charge in [-0.05, 0) is 152 Å². The molecule has 338 valence electrons. The minimum absolute atomic E-state index is 0.724. The highest BCUT2D eigenvalue weighted by molar-refractivity contribution is 6.25. The first-order valence-electron chi connectivity index (χ1n) is 23.2. The Labute approximate surface area is 404 Å². The Bertz CT molecular complexity index is 3520. The lowest BCUT2D eigenvalue weighted by Crippen LogP contribution is -1.96. The molecule has 0 bridgehead atoms. The van der Waals surface area contributed by atoms with Crippen molar-refractivity contribution in [3.05, 3.63) is 194 Å². The van der Waals surface area contributed by atoms with Crippen molar-refractivity contribution in [1.82, 2.24) is 19.9 Å². The van der Waals surface area contributed by atoms with Gasteiger partial charge in [0.1, 0.15) is 34.6 Å². The third kappa shape index (κ3) is 7.25. The van der Waals surface area contributed by atoms with E-state index >= 15 is 0 Å². The Morgan fingerprint density at radius 3 is 0.986 bits per heavy atom. The lowest BCUT2D eigenvalue weighted by Gasteiger charge is -2.20. The van der Waals surface area contributed by atoms with E-state index in [0.29, 0.717) is 0 Å². The van der Waals surface area contributed by atoms with Crippen molar-refractivity contribution in [1.29, 1.82) is 0 Å². The SMILES string of the molecule is COc1ccc(-c2nc(-c3ccc4ccc5ccccc5c4c3-c3c(-c4nc(-c5ccc(OC)cc5)c(-c5ccc(OC)cc5)[nH]4)ccc4ccc5ccccc5c34)[nH]c2-c2ccc(OC)cc2)cc1. The van der Waals surface area contributed by atoms with Crippen molar-refractivity contribution in [3.8, 4) is 102 Å². The molecule has 10 aromatic carbocycles. The number of hydrogen-bond donors (Lipinski definition) is 2. The van der Waals surface area contributed by atoms with Crippen LogP contribution in [0.1, 0.15) is 0 Å². The number of rotatable bonds is 11. The summed E-state index contributed by atoms with van der Waals surface area (Å²) in [6.45, 7) is 0. The second kappa shape index (κ2) is 17.5. The highest BCUT2D eigenvalue weighted by Gasteiger charge is 2.27.